The molecular weight excluding hydrogens is 189 g/mol. The summed E-state index contributed by atoms with van der Waals surface area (Å²) in [4.78, 5) is 2.02. The molecule has 1 N–H and O–H groups in total. The maximum Gasteiger partial charge on any atom is 0.491 e. The van der Waals surface area contributed by atoms with E-state index in [1.54, 1.807) is 0 Å². The third kappa shape index (κ3) is 4.47. The van der Waals surface area contributed by atoms with Crippen LogP contribution in [0.1, 0.15) is 5.56 Å². The van der Waals surface area contributed by atoms with E-state index in [1.165, 1.54) is 5.56 Å². The number of hydrogen-bond donors (Lipinski definition) is 1. The van der Waals surface area contributed by atoms with E-state index >= 15 is 0 Å². The third-order valence-corrected chi connectivity index (χ3v) is 2.18. The number of aryl methyl sites for hydroxylation is 1. The van der Waals surface area contributed by atoms with Crippen molar-refractivity contribution in [2.75, 3.05) is 27.2 Å². The summed E-state index contributed by atoms with van der Waals surface area (Å²) in [6, 6.07) is 7.70. The molecule has 0 fully saturated rings. The SMILES string of the molecule is Cc1ccc(B(O)OCCN(C)C)cc1. The molecule has 0 spiro atoms. The number of nitrogens with zero attached hydrogens (tertiary/aromatic N) is 1. The van der Waals surface area contributed by atoms with Crippen molar-refractivity contribution in [3.8, 4) is 0 Å². The maximum atomic E-state index is 9.68. The Hall–Kier alpha value is -0.835. The highest BCUT2D eigenvalue weighted by Gasteiger charge is 2.15. The van der Waals surface area contributed by atoms with E-state index < -0.39 is 7.12 Å². The molecule has 0 heterocycles. The smallest absolute Gasteiger partial charge is 0.423 e. The minimum Gasteiger partial charge on any atom is -0.423 e. The molecule has 15 heavy (non-hydrogen) atoms. The molecule has 0 aromatic heterocycles. The summed E-state index contributed by atoms with van der Waals surface area (Å²) >= 11 is 0. The Bertz CT molecular complexity index is 287. The van der Waals surface area contributed by atoms with Crippen LogP contribution >= 0.6 is 0 Å². The molecule has 0 aliphatic carbocycles. The van der Waals surface area contributed by atoms with E-state index in [0.29, 0.717) is 6.61 Å². The van der Waals surface area contributed by atoms with Crippen LogP contribution < -0.4 is 5.46 Å². The second-order valence-corrected chi connectivity index (χ2v) is 3.94. The van der Waals surface area contributed by atoms with Crippen molar-refractivity contribution in [2.24, 2.45) is 0 Å². The topological polar surface area (TPSA) is 32.7 Å². The van der Waals surface area contributed by atoms with Gasteiger partial charge >= 0.3 is 7.12 Å². The first-order valence-electron chi connectivity index (χ1n) is 5.10. The number of rotatable bonds is 5. The molecule has 0 aliphatic heterocycles. The van der Waals surface area contributed by atoms with Gasteiger partial charge < -0.3 is 14.6 Å². The second-order valence-electron chi connectivity index (χ2n) is 3.94. The largest absolute Gasteiger partial charge is 0.491 e. The van der Waals surface area contributed by atoms with E-state index in [1.807, 2.05) is 50.2 Å². The van der Waals surface area contributed by atoms with Gasteiger partial charge in [0, 0.05) is 13.2 Å². The molecule has 82 valence electrons. The van der Waals surface area contributed by atoms with Crippen molar-refractivity contribution in [3.63, 3.8) is 0 Å². The first-order chi connectivity index (χ1) is 7.09. The van der Waals surface area contributed by atoms with Gasteiger partial charge in [0.15, 0.2) is 0 Å². The fraction of sp³-hybridized carbons (Fsp3) is 0.455. The van der Waals surface area contributed by atoms with Crippen LogP contribution in [0.4, 0.5) is 0 Å². The zero-order valence-electron chi connectivity index (χ0n) is 9.60. The standard InChI is InChI=1S/C11H18BNO2/c1-10-4-6-11(7-5-10)12(14)15-9-8-13(2)3/h4-7,14H,8-9H2,1-3H3. The summed E-state index contributed by atoms with van der Waals surface area (Å²) in [5, 5.41) is 9.68. The molecule has 0 aliphatic rings. The quantitative estimate of drug-likeness (QED) is 0.703. The zero-order valence-corrected chi connectivity index (χ0v) is 9.60. The molecular formula is C11H18BNO2. The van der Waals surface area contributed by atoms with Crippen LogP contribution in [0.3, 0.4) is 0 Å². The first-order valence-corrected chi connectivity index (χ1v) is 5.10. The zero-order chi connectivity index (χ0) is 11.3. The van der Waals surface area contributed by atoms with Gasteiger partial charge in [0.2, 0.25) is 0 Å². The molecule has 4 heteroatoms. The molecule has 1 aromatic carbocycles. The highest BCUT2D eigenvalue weighted by atomic mass is 16.5. The Morgan fingerprint density at radius 2 is 1.87 bits per heavy atom. The van der Waals surface area contributed by atoms with Crippen LogP contribution in [-0.2, 0) is 4.65 Å². The van der Waals surface area contributed by atoms with Gasteiger partial charge in [-0.15, -0.1) is 0 Å². The fourth-order valence-corrected chi connectivity index (χ4v) is 1.17. The summed E-state index contributed by atoms with van der Waals surface area (Å²) < 4.78 is 5.29. The van der Waals surface area contributed by atoms with Crippen LogP contribution in [0.25, 0.3) is 0 Å². The highest BCUT2D eigenvalue weighted by Crippen LogP contribution is 1.94. The van der Waals surface area contributed by atoms with Crippen LogP contribution in [0.5, 0.6) is 0 Å². The lowest BCUT2D eigenvalue weighted by atomic mass is 9.79. The molecule has 0 saturated heterocycles. The average molecular weight is 207 g/mol. The van der Waals surface area contributed by atoms with E-state index in [2.05, 4.69) is 0 Å². The number of hydrogen-bond acceptors (Lipinski definition) is 3. The summed E-state index contributed by atoms with van der Waals surface area (Å²) in [6.07, 6.45) is 0. The lowest BCUT2D eigenvalue weighted by Crippen LogP contribution is -2.35. The molecule has 0 radical (unpaired) electrons. The molecule has 0 unspecified atom stereocenters. The molecule has 0 amide bonds. The molecule has 0 saturated carbocycles. The monoisotopic (exact) mass is 207 g/mol. The minimum atomic E-state index is -0.814. The molecule has 1 aromatic rings. The fourth-order valence-electron chi connectivity index (χ4n) is 1.17. The first kappa shape index (κ1) is 12.2. The van der Waals surface area contributed by atoms with E-state index in [4.69, 9.17) is 4.65 Å². The van der Waals surface area contributed by atoms with Crippen LogP contribution in [0.15, 0.2) is 24.3 Å². The average Bonchev–Trinajstić information content (AvgIpc) is 2.18. The Labute approximate surface area is 91.8 Å². The lowest BCUT2D eigenvalue weighted by molar-refractivity contribution is 0.232. The second kappa shape index (κ2) is 5.90. The van der Waals surface area contributed by atoms with Crippen molar-refractivity contribution in [2.45, 2.75) is 6.92 Å². The van der Waals surface area contributed by atoms with Gasteiger partial charge in [-0.1, -0.05) is 29.8 Å². The lowest BCUT2D eigenvalue weighted by Gasteiger charge is -2.12. The van der Waals surface area contributed by atoms with Gasteiger partial charge in [0.05, 0.1) is 0 Å². The van der Waals surface area contributed by atoms with Crippen LogP contribution in [0.2, 0.25) is 0 Å². The van der Waals surface area contributed by atoms with Gasteiger partial charge in [-0.05, 0) is 26.5 Å². The normalized spacial score (nSPS) is 10.7. The van der Waals surface area contributed by atoms with Gasteiger partial charge in [-0.2, -0.15) is 0 Å². The van der Waals surface area contributed by atoms with Gasteiger partial charge in [-0.25, -0.2) is 0 Å². The van der Waals surface area contributed by atoms with Crippen LogP contribution in [0, 0.1) is 6.92 Å². The summed E-state index contributed by atoms with van der Waals surface area (Å²) in [5.74, 6) is 0. The molecule has 0 bridgehead atoms. The van der Waals surface area contributed by atoms with Crippen LogP contribution in [-0.4, -0.2) is 44.3 Å². The predicted octanol–water partition coefficient (Wildman–Crippen LogP) is 0.261. The number of benzene rings is 1. The Morgan fingerprint density at radius 1 is 1.27 bits per heavy atom. The summed E-state index contributed by atoms with van der Waals surface area (Å²) in [7, 11) is 3.13. The van der Waals surface area contributed by atoms with E-state index in [-0.39, 0.29) is 0 Å². The highest BCUT2D eigenvalue weighted by molar-refractivity contribution is 6.59. The predicted molar refractivity (Wildman–Crippen MR) is 63.3 cm³/mol. The molecule has 0 atom stereocenters. The van der Waals surface area contributed by atoms with Crippen molar-refractivity contribution >= 4 is 12.6 Å². The van der Waals surface area contributed by atoms with Crippen molar-refractivity contribution < 1.29 is 9.68 Å². The maximum absolute atomic E-state index is 9.68. The van der Waals surface area contributed by atoms with E-state index in [9.17, 15) is 5.02 Å². The Kier molecular flexibility index (Phi) is 4.82. The molecule has 3 nitrogen and oxygen atoms in total. The molecule has 1 rings (SSSR count). The number of likely N-dealkylation sites (N-methyl/N-ethyl adjacent to an activating group) is 1. The third-order valence-electron chi connectivity index (χ3n) is 2.18. The van der Waals surface area contributed by atoms with Gasteiger partial charge in [0.1, 0.15) is 0 Å². The van der Waals surface area contributed by atoms with Crippen molar-refractivity contribution in [1.29, 1.82) is 0 Å². The van der Waals surface area contributed by atoms with E-state index in [0.717, 1.165) is 12.0 Å². The van der Waals surface area contributed by atoms with Crippen molar-refractivity contribution in [3.05, 3.63) is 29.8 Å². The van der Waals surface area contributed by atoms with Gasteiger partial charge in [0.25, 0.3) is 0 Å². The summed E-state index contributed by atoms with van der Waals surface area (Å²) in [6.45, 7) is 3.36. The Morgan fingerprint density at radius 3 is 2.40 bits per heavy atom. The van der Waals surface area contributed by atoms with Crippen molar-refractivity contribution in [1.82, 2.24) is 4.90 Å². The summed E-state index contributed by atoms with van der Waals surface area (Å²) in [5.41, 5.74) is 1.98. The van der Waals surface area contributed by atoms with Gasteiger partial charge in [-0.3, -0.25) is 0 Å². The Balaban J connectivity index is 2.40. The minimum absolute atomic E-state index is 0.530.